The zero-order valence-corrected chi connectivity index (χ0v) is 11.9. The number of fused-ring (bicyclic) bond motifs is 3. The fourth-order valence-corrected chi connectivity index (χ4v) is 3.01. The van der Waals surface area contributed by atoms with Crippen LogP contribution in [0.4, 0.5) is 0 Å². The third-order valence-electron chi connectivity index (χ3n) is 2.41. The van der Waals surface area contributed by atoms with Crippen LogP contribution in [0.15, 0.2) is 40.8 Å². The van der Waals surface area contributed by atoms with Crippen molar-refractivity contribution in [1.82, 2.24) is 0 Å². The summed E-state index contributed by atoms with van der Waals surface area (Å²) < 4.78 is 8.26. The van der Waals surface area contributed by atoms with Crippen molar-refractivity contribution in [2.75, 3.05) is 0 Å². The molecule has 3 aromatic rings. The predicted molar refractivity (Wildman–Crippen MR) is 79.2 cm³/mol. The second-order valence-corrected chi connectivity index (χ2v) is 5.76. The molecule has 1 aromatic heterocycles. The highest BCUT2D eigenvalue weighted by atomic mass is 127. The third-order valence-corrected chi connectivity index (χ3v) is 3.98. The van der Waals surface area contributed by atoms with Crippen molar-refractivity contribution in [2.24, 2.45) is 0 Å². The quantitative estimate of drug-likeness (QED) is 0.477. The summed E-state index contributed by atoms with van der Waals surface area (Å²) in [5.74, 6) is 0. The minimum atomic E-state index is 0.967. The predicted octanol–water partition coefficient (Wildman–Crippen LogP) is 4.80. The Balaban J connectivity index is 2.61. The van der Waals surface area contributed by atoms with E-state index >= 15 is 0 Å². The van der Waals surface area contributed by atoms with Crippen molar-refractivity contribution < 1.29 is 4.42 Å². The normalized spacial score (nSPS) is 11.3. The lowest BCUT2D eigenvalue weighted by Crippen LogP contribution is -1.73. The molecule has 15 heavy (non-hydrogen) atoms. The Kier molecular flexibility index (Phi) is 2.39. The summed E-state index contributed by atoms with van der Waals surface area (Å²) in [6.07, 6.45) is 0. The first kappa shape index (κ1) is 9.89. The van der Waals surface area contributed by atoms with Crippen LogP contribution in [0.25, 0.3) is 21.9 Å². The van der Waals surface area contributed by atoms with Crippen molar-refractivity contribution in [3.05, 3.63) is 43.5 Å². The monoisotopic (exact) mass is 420 g/mol. The molecule has 3 rings (SSSR count). The summed E-state index contributed by atoms with van der Waals surface area (Å²) in [6.45, 7) is 0. The molecule has 2 aromatic carbocycles. The Morgan fingerprint density at radius 2 is 1.80 bits per heavy atom. The van der Waals surface area contributed by atoms with Crippen LogP contribution in [-0.2, 0) is 0 Å². The molecule has 74 valence electrons. The van der Waals surface area contributed by atoms with E-state index in [-0.39, 0.29) is 0 Å². The highest BCUT2D eigenvalue weighted by molar-refractivity contribution is 14.1. The number of halogens is 2. The van der Waals surface area contributed by atoms with Crippen molar-refractivity contribution in [3.63, 3.8) is 0 Å². The molecule has 0 aliphatic carbocycles. The number of hydrogen-bond acceptors (Lipinski definition) is 1. The molecule has 0 saturated heterocycles. The summed E-state index contributed by atoms with van der Waals surface area (Å²) in [5, 5.41) is 2.44. The molecule has 0 bridgehead atoms. The third kappa shape index (κ3) is 1.56. The molecule has 0 spiro atoms. The molecule has 1 nitrogen and oxygen atoms in total. The lowest BCUT2D eigenvalue weighted by atomic mass is 10.2. The average molecular weight is 420 g/mol. The van der Waals surface area contributed by atoms with Gasteiger partial charge in [0.1, 0.15) is 11.2 Å². The van der Waals surface area contributed by atoms with Gasteiger partial charge in [0.2, 0.25) is 0 Å². The van der Waals surface area contributed by atoms with Crippen LogP contribution in [0.2, 0.25) is 0 Å². The zero-order chi connectivity index (χ0) is 10.4. The van der Waals surface area contributed by atoms with Crippen molar-refractivity contribution in [2.45, 2.75) is 0 Å². The van der Waals surface area contributed by atoms with Crippen molar-refractivity contribution >= 4 is 67.1 Å². The Hall–Kier alpha value is -0.300. The van der Waals surface area contributed by atoms with Gasteiger partial charge in [0.05, 0.1) is 0 Å². The van der Waals surface area contributed by atoms with Gasteiger partial charge < -0.3 is 4.42 Å². The molecule has 0 atom stereocenters. The highest BCUT2D eigenvalue weighted by Crippen LogP contribution is 2.32. The largest absolute Gasteiger partial charge is 0.456 e. The lowest BCUT2D eigenvalue weighted by Gasteiger charge is -1.93. The first-order valence-electron chi connectivity index (χ1n) is 4.52. The van der Waals surface area contributed by atoms with E-state index in [1.54, 1.807) is 0 Å². The molecule has 1 heterocycles. The van der Waals surface area contributed by atoms with Gasteiger partial charge in [-0.25, -0.2) is 0 Å². The summed E-state index contributed by atoms with van der Waals surface area (Å²) >= 11 is 4.68. The minimum Gasteiger partial charge on any atom is -0.456 e. The lowest BCUT2D eigenvalue weighted by molar-refractivity contribution is 0.669. The Morgan fingerprint density at radius 3 is 2.67 bits per heavy atom. The molecule has 0 aliphatic heterocycles. The van der Waals surface area contributed by atoms with Gasteiger partial charge in [0.25, 0.3) is 0 Å². The standard InChI is InChI=1S/C12H6I2O/c13-7-4-5-10-8(6-7)12-9(14)2-1-3-11(12)15-10/h1-6H. The minimum absolute atomic E-state index is 0.967. The molecule has 0 amide bonds. The fourth-order valence-electron chi connectivity index (χ4n) is 1.76. The molecule has 0 aliphatic rings. The first-order valence-corrected chi connectivity index (χ1v) is 6.68. The number of hydrogen-bond donors (Lipinski definition) is 0. The van der Waals surface area contributed by atoms with Gasteiger partial charge in [-0.2, -0.15) is 0 Å². The number of benzene rings is 2. The van der Waals surface area contributed by atoms with E-state index < -0.39 is 0 Å². The van der Waals surface area contributed by atoms with Crippen LogP contribution in [0.5, 0.6) is 0 Å². The average Bonchev–Trinajstić information content (AvgIpc) is 2.57. The summed E-state index contributed by atoms with van der Waals surface area (Å²) in [4.78, 5) is 0. The van der Waals surface area contributed by atoms with E-state index in [9.17, 15) is 0 Å². The summed E-state index contributed by atoms with van der Waals surface area (Å²) in [6, 6.07) is 12.4. The molecule has 0 saturated carbocycles. The maximum absolute atomic E-state index is 5.78. The van der Waals surface area contributed by atoms with E-state index in [2.05, 4.69) is 63.4 Å². The van der Waals surface area contributed by atoms with Crippen molar-refractivity contribution in [1.29, 1.82) is 0 Å². The van der Waals surface area contributed by atoms with E-state index in [1.165, 1.54) is 17.9 Å². The van der Waals surface area contributed by atoms with Gasteiger partial charge in [0, 0.05) is 17.9 Å². The van der Waals surface area contributed by atoms with Crippen LogP contribution >= 0.6 is 45.2 Å². The molecular weight excluding hydrogens is 414 g/mol. The van der Waals surface area contributed by atoms with Crippen LogP contribution in [0, 0.1) is 7.14 Å². The topological polar surface area (TPSA) is 13.1 Å². The van der Waals surface area contributed by atoms with Gasteiger partial charge in [-0.3, -0.25) is 0 Å². The van der Waals surface area contributed by atoms with Gasteiger partial charge >= 0.3 is 0 Å². The molecule has 3 heteroatoms. The number of furan rings is 1. The second-order valence-electron chi connectivity index (χ2n) is 3.36. The Morgan fingerprint density at radius 1 is 0.933 bits per heavy atom. The van der Waals surface area contributed by atoms with Gasteiger partial charge in [-0.1, -0.05) is 6.07 Å². The van der Waals surface area contributed by atoms with E-state index in [4.69, 9.17) is 4.42 Å². The van der Waals surface area contributed by atoms with Gasteiger partial charge in [-0.05, 0) is 75.5 Å². The summed E-state index contributed by atoms with van der Waals surface area (Å²) in [5.41, 5.74) is 1.94. The van der Waals surface area contributed by atoms with Crippen LogP contribution in [0.1, 0.15) is 0 Å². The smallest absolute Gasteiger partial charge is 0.136 e. The van der Waals surface area contributed by atoms with E-state index in [1.807, 2.05) is 18.2 Å². The van der Waals surface area contributed by atoms with Crippen LogP contribution in [0.3, 0.4) is 0 Å². The highest BCUT2D eigenvalue weighted by Gasteiger charge is 2.09. The van der Waals surface area contributed by atoms with E-state index in [0.717, 1.165) is 11.2 Å². The zero-order valence-electron chi connectivity index (χ0n) is 7.63. The molecule has 0 N–H and O–H groups in total. The molecule has 0 fully saturated rings. The van der Waals surface area contributed by atoms with Crippen LogP contribution < -0.4 is 0 Å². The SMILES string of the molecule is Ic1ccc2oc3cccc(I)c3c2c1. The number of rotatable bonds is 0. The fraction of sp³-hybridized carbons (Fsp3) is 0. The summed E-state index contributed by atoms with van der Waals surface area (Å²) in [7, 11) is 0. The van der Waals surface area contributed by atoms with Gasteiger partial charge in [-0.15, -0.1) is 0 Å². The molecule has 0 unspecified atom stereocenters. The second kappa shape index (κ2) is 3.62. The molecular formula is C12H6I2O. The van der Waals surface area contributed by atoms with Crippen LogP contribution in [-0.4, -0.2) is 0 Å². The Labute approximate surface area is 114 Å². The maximum Gasteiger partial charge on any atom is 0.136 e. The van der Waals surface area contributed by atoms with Crippen molar-refractivity contribution in [3.8, 4) is 0 Å². The Bertz CT molecular complexity index is 655. The first-order chi connectivity index (χ1) is 7.25. The maximum atomic E-state index is 5.78. The van der Waals surface area contributed by atoms with Gasteiger partial charge in [0.15, 0.2) is 0 Å². The van der Waals surface area contributed by atoms with E-state index in [0.29, 0.717) is 0 Å². The molecule has 0 radical (unpaired) electrons.